The van der Waals surface area contributed by atoms with Gasteiger partial charge in [-0.15, -0.1) is 4.48 Å². The first kappa shape index (κ1) is 18.5. The molecule has 0 aromatic rings. The minimum absolute atomic E-state index is 0.0567. The molecule has 0 radical (unpaired) electrons. The van der Waals surface area contributed by atoms with Crippen molar-refractivity contribution in [2.75, 3.05) is 0 Å². The zero-order chi connectivity index (χ0) is 13.5. The van der Waals surface area contributed by atoms with E-state index >= 15 is 0 Å². The van der Waals surface area contributed by atoms with Crippen LogP contribution in [0.15, 0.2) is 36.5 Å². The van der Waals surface area contributed by atoms with E-state index in [0.717, 1.165) is 24.8 Å². The molecule has 1 aliphatic rings. The fourth-order valence-electron chi connectivity index (χ4n) is 1.43. The Hall–Kier alpha value is -0.890. The molecule has 1 N–H and O–H groups in total. The normalized spacial score (nSPS) is 19.6. The van der Waals surface area contributed by atoms with Gasteiger partial charge in [0.1, 0.15) is 0 Å². The lowest BCUT2D eigenvalue weighted by molar-refractivity contribution is 0.265. The van der Waals surface area contributed by atoms with Crippen LogP contribution in [0.4, 0.5) is 4.48 Å². The van der Waals surface area contributed by atoms with Crippen molar-refractivity contribution in [3.05, 3.63) is 36.5 Å². The monoisotopic (exact) mass is 241 g/mol. The van der Waals surface area contributed by atoms with Gasteiger partial charge in [-0.3, -0.25) is 0 Å². The van der Waals surface area contributed by atoms with Crippen LogP contribution in [0.1, 0.15) is 53.4 Å². The summed E-state index contributed by atoms with van der Waals surface area (Å²) in [6.45, 7) is 11.8. The Morgan fingerprint density at radius 3 is 2.00 bits per heavy atom. The van der Waals surface area contributed by atoms with Gasteiger partial charge < -0.3 is 0 Å². The molecule has 1 aliphatic carbocycles. The maximum atomic E-state index is 11.8. The number of nitrogens with one attached hydrogen (secondary N) is 1. The Labute approximate surface area is 106 Å². The Kier molecular flexibility index (Phi) is 16.4. The van der Waals surface area contributed by atoms with E-state index in [-0.39, 0.29) is 6.04 Å². The third-order valence-corrected chi connectivity index (χ3v) is 2.36. The van der Waals surface area contributed by atoms with Crippen LogP contribution in [-0.2, 0) is 0 Å². The van der Waals surface area contributed by atoms with E-state index < -0.39 is 0 Å². The average Bonchev–Trinajstić information content (AvgIpc) is 2.40. The van der Waals surface area contributed by atoms with Crippen LogP contribution in [0.3, 0.4) is 0 Å². The fraction of sp³-hybridized carbons (Fsp3) is 0.600. The molecule has 1 atom stereocenters. The van der Waals surface area contributed by atoms with E-state index in [1.54, 1.807) is 5.54 Å². The molecule has 0 aromatic carbocycles. The highest BCUT2D eigenvalue weighted by Crippen LogP contribution is 2.21. The molecule has 2 heteroatoms. The molecule has 100 valence electrons. The Balaban J connectivity index is 0. The number of rotatable bonds is 2. The summed E-state index contributed by atoms with van der Waals surface area (Å²) < 4.78 is 11.8. The quantitative estimate of drug-likeness (QED) is 0.402. The van der Waals surface area contributed by atoms with Gasteiger partial charge in [-0.05, 0) is 33.1 Å². The van der Waals surface area contributed by atoms with Gasteiger partial charge in [-0.2, -0.15) is 5.54 Å². The summed E-state index contributed by atoms with van der Waals surface area (Å²) in [6.07, 6.45) is 12.2. The summed E-state index contributed by atoms with van der Waals surface area (Å²) in [6, 6.07) is -0.0567. The molecule has 1 unspecified atom stereocenters. The van der Waals surface area contributed by atoms with Crippen molar-refractivity contribution in [1.29, 1.82) is 0 Å². The molecule has 0 aromatic heterocycles. The second-order valence-corrected chi connectivity index (χ2v) is 3.62. The minimum Gasteiger partial charge on any atom is -0.152 e. The van der Waals surface area contributed by atoms with Crippen LogP contribution in [-0.4, -0.2) is 6.04 Å². The van der Waals surface area contributed by atoms with Crippen LogP contribution in [0.5, 0.6) is 0 Å². The molecular weight excluding hydrogens is 213 g/mol. The SMILES string of the molecule is C/C=C\C=C/C.C=C1CCCCC1NF.CC. The van der Waals surface area contributed by atoms with Gasteiger partial charge in [0.05, 0.1) is 6.04 Å². The van der Waals surface area contributed by atoms with Crippen molar-refractivity contribution in [2.45, 2.75) is 59.4 Å². The molecular formula is C15H28FN. The van der Waals surface area contributed by atoms with E-state index in [1.807, 2.05) is 52.0 Å². The van der Waals surface area contributed by atoms with Crippen LogP contribution >= 0.6 is 0 Å². The minimum atomic E-state index is -0.0567. The van der Waals surface area contributed by atoms with Crippen LogP contribution in [0, 0.1) is 0 Å². The van der Waals surface area contributed by atoms with Gasteiger partial charge in [0.25, 0.3) is 0 Å². The van der Waals surface area contributed by atoms with Crippen molar-refractivity contribution < 1.29 is 4.48 Å². The molecule has 1 fully saturated rings. The second-order valence-electron chi connectivity index (χ2n) is 3.62. The Morgan fingerprint density at radius 1 is 1.18 bits per heavy atom. The van der Waals surface area contributed by atoms with Crippen molar-refractivity contribution >= 4 is 0 Å². The number of halogens is 1. The molecule has 17 heavy (non-hydrogen) atoms. The van der Waals surface area contributed by atoms with Crippen molar-refractivity contribution in [3.63, 3.8) is 0 Å². The third kappa shape index (κ3) is 11.4. The predicted molar refractivity (Wildman–Crippen MR) is 76.6 cm³/mol. The highest BCUT2D eigenvalue weighted by molar-refractivity contribution is 5.06. The molecule has 0 amide bonds. The molecule has 0 aliphatic heterocycles. The zero-order valence-electron chi connectivity index (χ0n) is 11.8. The first-order chi connectivity index (χ1) is 8.26. The average molecular weight is 241 g/mol. The number of hydrogen-bond donors (Lipinski definition) is 1. The predicted octanol–water partition coefficient (Wildman–Crippen LogP) is 5.12. The third-order valence-electron chi connectivity index (χ3n) is 2.36. The van der Waals surface area contributed by atoms with Crippen LogP contribution in [0.25, 0.3) is 0 Å². The molecule has 0 saturated heterocycles. The van der Waals surface area contributed by atoms with E-state index in [0.29, 0.717) is 0 Å². The number of hydrogen-bond acceptors (Lipinski definition) is 1. The first-order valence-electron chi connectivity index (χ1n) is 6.54. The smallest absolute Gasteiger partial charge is 0.0578 e. The van der Waals surface area contributed by atoms with E-state index in [4.69, 9.17) is 0 Å². The molecule has 1 nitrogen and oxygen atoms in total. The lowest BCUT2D eigenvalue weighted by Gasteiger charge is -2.21. The standard InChI is InChI=1S/C7H12FN.C6H10.C2H6/c1-6-4-2-3-5-7(6)9-8;1-3-5-6-4-2;1-2/h7,9H,1-5H2;3-6H,1-2H3;1-2H3/b;5-3-,6-4-;. The van der Waals surface area contributed by atoms with Crippen molar-refractivity contribution in [1.82, 2.24) is 5.54 Å². The van der Waals surface area contributed by atoms with Gasteiger partial charge in [0, 0.05) is 0 Å². The topological polar surface area (TPSA) is 12.0 Å². The highest BCUT2D eigenvalue weighted by atomic mass is 19.2. The largest absolute Gasteiger partial charge is 0.152 e. The van der Waals surface area contributed by atoms with Gasteiger partial charge in [0.2, 0.25) is 0 Å². The summed E-state index contributed by atoms with van der Waals surface area (Å²) in [5, 5.41) is 0. The molecule has 0 spiro atoms. The lowest BCUT2D eigenvalue weighted by atomic mass is 9.92. The maximum Gasteiger partial charge on any atom is 0.0578 e. The molecule has 0 heterocycles. The summed E-state index contributed by atoms with van der Waals surface area (Å²) in [7, 11) is 0. The van der Waals surface area contributed by atoms with Crippen LogP contribution in [0.2, 0.25) is 0 Å². The Bertz CT molecular complexity index is 209. The fourth-order valence-corrected chi connectivity index (χ4v) is 1.43. The summed E-state index contributed by atoms with van der Waals surface area (Å²) in [5.74, 6) is 0. The molecule has 1 rings (SSSR count). The van der Waals surface area contributed by atoms with E-state index in [1.165, 1.54) is 6.42 Å². The van der Waals surface area contributed by atoms with Gasteiger partial charge in [-0.1, -0.05) is 56.7 Å². The summed E-state index contributed by atoms with van der Waals surface area (Å²) in [4.78, 5) is 0. The summed E-state index contributed by atoms with van der Waals surface area (Å²) >= 11 is 0. The summed E-state index contributed by atoms with van der Waals surface area (Å²) in [5.41, 5.74) is 2.77. The molecule has 1 saturated carbocycles. The van der Waals surface area contributed by atoms with Crippen LogP contribution < -0.4 is 5.54 Å². The first-order valence-corrected chi connectivity index (χ1v) is 6.54. The van der Waals surface area contributed by atoms with E-state index in [9.17, 15) is 4.48 Å². The second kappa shape index (κ2) is 15.1. The number of allylic oxidation sites excluding steroid dienone is 4. The maximum absolute atomic E-state index is 11.8. The van der Waals surface area contributed by atoms with Gasteiger partial charge in [0.15, 0.2) is 0 Å². The van der Waals surface area contributed by atoms with Crippen molar-refractivity contribution in [2.24, 2.45) is 0 Å². The Morgan fingerprint density at radius 2 is 1.71 bits per heavy atom. The van der Waals surface area contributed by atoms with Gasteiger partial charge >= 0.3 is 0 Å². The lowest BCUT2D eigenvalue weighted by Crippen LogP contribution is -2.26. The van der Waals surface area contributed by atoms with Crippen molar-refractivity contribution in [3.8, 4) is 0 Å². The highest BCUT2D eigenvalue weighted by Gasteiger charge is 2.15. The molecule has 0 bridgehead atoms. The van der Waals surface area contributed by atoms with Gasteiger partial charge in [-0.25, -0.2) is 0 Å². The zero-order valence-corrected chi connectivity index (χ0v) is 11.8. The van der Waals surface area contributed by atoms with E-state index in [2.05, 4.69) is 6.58 Å².